The summed E-state index contributed by atoms with van der Waals surface area (Å²) in [6, 6.07) is 4.06. The molecule has 15 heavy (non-hydrogen) atoms. The number of hydrogen-bond acceptors (Lipinski definition) is 2. The third-order valence-electron chi connectivity index (χ3n) is 2.66. The van der Waals surface area contributed by atoms with Crippen molar-refractivity contribution in [3.8, 4) is 0 Å². The van der Waals surface area contributed by atoms with Crippen molar-refractivity contribution in [1.82, 2.24) is 5.32 Å². The molecule has 1 N–H and O–H groups in total. The molecule has 3 heteroatoms. The van der Waals surface area contributed by atoms with Crippen molar-refractivity contribution in [3.63, 3.8) is 0 Å². The Kier molecular flexibility index (Phi) is 3.56. The van der Waals surface area contributed by atoms with Gasteiger partial charge in [0.05, 0.1) is 6.54 Å². The Morgan fingerprint density at radius 1 is 1.53 bits per heavy atom. The van der Waals surface area contributed by atoms with Crippen LogP contribution in [0.1, 0.15) is 24.1 Å². The lowest BCUT2D eigenvalue weighted by atomic mass is 9.94. The van der Waals surface area contributed by atoms with Crippen molar-refractivity contribution < 1.29 is 4.79 Å². The van der Waals surface area contributed by atoms with E-state index in [2.05, 4.69) is 17.5 Å². The number of carbonyl (C=O) groups excluding carboxylic acids is 1. The van der Waals surface area contributed by atoms with Crippen LogP contribution in [0.25, 0.3) is 0 Å². The van der Waals surface area contributed by atoms with Gasteiger partial charge < -0.3 is 5.32 Å². The standard InChI is InChI=1S/C12H15NOS/c14-12(10-5-2-1-3-6-10)13-9-11-7-4-8-15-11/h1-2,4,7-8,10H,3,5-6,9H2,(H,13,14)/t10-/m0/s1. The number of rotatable bonds is 3. The van der Waals surface area contributed by atoms with E-state index in [9.17, 15) is 4.79 Å². The monoisotopic (exact) mass is 221 g/mol. The van der Waals surface area contributed by atoms with Crippen LogP contribution in [0.4, 0.5) is 0 Å². The molecule has 1 atom stereocenters. The minimum atomic E-state index is 0.190. The fourth-order valence-corrected chi connectivity index (χ4v) is 2.41. The summed E-state index contributed by atoms with van der Waals surface area (Å²) >= 11 is 1.68. The van der Waals surface area contributed by atoms with E-state index in [1.54, 1.807) is 11.3 Å². The molecule has 1 aromatic rings. The van der Waals surface area contributed by atoms with Crippen molar-refractivity contribution in [2.45, 2.75) is 25.8 Å². The summed E-state index contributed by atoms with van der Waals surface area (Å²) in [6.07, 6.45) is 7.20. The molecule has 1 amide bonds. The van der Waals surface area contributed by atoms with Gasteiger partial charge in [0.15, 0.2) is 0 Å². The molecule has 1 aromatic heterocycles. The van der Waals surface area contributed by atoms with Crippen molar-refractivity contribution in [1.29, 1.82) is 0 Å². The van der Waals surface area contributed by atoms with Gasteiger partial charge in [0, 0.05) is 10.8 Å². The van der Waals surface area contributed by atoms with Gasteiger partial charge in [-0.3, -0.25) is 4.79 Å². The summed E-state index contributed by atoms with van der Waals surface area (Å²) in [5.41, 5.74) is 0. The van der Waals surface area contributed by atoms with Crippen LogP contribution in [0.2, 0.25) is 0 Å². The normalized spacial score (nSPS) is 20.1. The molecule has 0 aromatic carbocycles. The molecule has 2 nitrogen and oxygen atoms in total. The van der Waals surface area contributed by atoms with E-state index in [4.69, 9.17) is 0 Å². The van der Waals surface area contributed by atoms with Gasteiger partial charge in [0.2, 0.25) is 5.91 Å². The first-order valence-electron chi connectivity index (χ1n) is 5.31. The fraction of sp³-hybridized carbons (Fsp3) is 0.417. The van der Waals surface area contributed by atoms with E-state index in [1.165, 1.54) is 4.88 Å². The summed E-state index contributed by atoms with van der Waals surface area (Å²) in [5, 5.41) is 5.02. The smallest absolute Gasteiger partial charge is 0.223 e. The maximum absolute atomic E-state index is 11.8. The third kappa shape index (κ3) is 2.93. The number of amides is 1. The van der Waals surface area contributed by atoms with Crippen molar-refractivity contribution in [2.24, 2.45) is 5.92 Å². The summed E-state index contributed by atoms with van der Waals surface area (Å²) in [7, 11) is 0. The van der Waals surface area contributed by atoms with Crippen molar-refractivity contribution in [2.75, 3.05) is 0 Å². The zero-order valence-electron chi connectivity index (χ0n) is 8.61. The first kappa shape index (κ1) is 10.4. The van der Waals surface area contributed by atoms with Gasteiger partial charge in [-0.25, -0.2) is 0 Å². The Morgan fingerprint density at radius 2 is 2.47 bits per heavy atom. The quantitative estimate of drug-likeness (QED) is 0.781. The first-order valence-corrected chi connectivity index (χ1v) is 6.19. The largest absolute Gasteiger partial charge is 0.351 e. The topological polar surface area (TPSA) is 29.1 Å². The molecule has 0 radical (unpaired) electrons. The molecule has 0 aliphatic heterocycles. The molecular weight excluding hydrogens is 206 g/mol. The van der Waals surface area contributed by atoms with Crippen LogP contribution in [0, 0.1) is 5.92 Å². The predicted molar refractivity (Wildman–Crippen MR) is 62.6 cm³/mol. The summed E-state index contributed by atoms with van der Waals surface area (Å²) in [4.78, 5) is 13.0. The molecule has 0 bridgehead atoms. The van der Waals surface area contributed by atoms with E-state index in [0.29, 0.717) is 6.54 Å². The molecular formula is C12H15NOS. The molecule has 1 heterocycles. The molecule has 80 valence electrons. The lowest BCUT2D eigenvalue weighted by Gasteiger charge is -2.16. The van der Waals surface area contributed by atoms with E-state index in [-0.39, 0.29) is 11.8 Å². The van der Waals surface area contributed by atoms with E-state index in [1.807, 2.05) is 17.5 Å². The highest BCUT2D eigenvalue weighted by Gasteiger charge is 2.17. The maximum atomic E-state index is 11.8. The molecule has 1 aliphatic rings. The van der Waals surface area contributed by atoms with Crippen LogP contribution in [-0.4, -0.2) is 5.91 Å². The molecule has 0 saturated heterocycles. The number of allylic oxidation sites excluding steroid dienone is 2. The number of hydrogen-bond donors (Lipinski definition) is 1. The highest BCUT2D eigenvalue weighted by atomic mass is 32.1. The van der Waals surface area contributed by atoms with Crippen LogP contribution >= 0.6 is 11.3 Å². The minimum absolute atomic E-state index is 0.190. The second-order valence-electron chi connectivity index (χ2n) is 3.78. The summed E-state index contributed by atoms with van der Waals surface area (Å²) in [6.45, 7) is 0.677. The van der Waals surface area contributed by atoms with Gasteiger partial charge in [-0.1, -0.05) is 18.2 Å². The van der Waals surface area contributed by atoms with Crippen LogP contribution in [-0.2, 0) is 11.3 Å². The minimum Gasteiger partial charge on any atom is -0.351 e. The maximum Gasteiger partial charge on any atom is 0.223 e. The van der Waals surface area contributed by atoms with Crippen LogP contribution < -0.4 is 5.32 Å². The number of carbonyl (C=O) groups is 1. The average Bonchev–Trinajstić information content (AvgIpc) is 2.80. The van der Waals surface area contributed by atoms with Crippen LogP contribution in [0.3, 0.4) is 0 Å². The zero-order chi connectivity index (χ0) is 10.5. The molecule has 0 spiro atoms. The van der Waals surface area contributed by atoms with Gasteiger partial charge in [-0.15, -0.1) is 11.3 Å². The van der Waals surface area contributed by atoms with Gasteiger partial charge in [-0.2, -0.15) is 0 Å². The number of thiophene rings is 1. The second kappa shape index (κ2) is 5.12. The summed E-state index contributed by atoms with van der Waals surface area (Å²) < 4.78 is 0. The highest BCUT2D eigenvalue weighted by Crippen LogP contribution is 2.18. The van der Waals surface area contributed by atoms with E-state index in [0.717, 1.165) is 19.3 Å². The zero-order valence-corrected chi connectivity index (χ0v) is 9.43. The fourth-order valence-electron chi connectivity index (χ4n) is 1.76. The summed E-state index contributed by atoms with van der Waals surface area (Å²) in [5.74, 6) is 0.391. The Labute approximate surface area is 94.0 Å². The highest BCUT2D eigenvalue weighted by molar-refractivity contribution is 7.09. The molecule has 0 saturated carbocycles. The number of nitrogens with one attached hydrogen (secondary N) is 1. The Hall–Kier alpha value is -1.09. The predicted octanol–water partition coefficient (Wildman–Crippen LogP) is 2.72. The van der Waals surface area contributed by atoms with Crippen molar-refractivity contribution >= 4 is 17.2 Å². The van der Waals surface area contributed by atoms with E-state index < -0.39 is 0 Å². The second-order valence-corrected chi connectivity index (χ2v) is 4.81. The lowest BCUT2D eigenvalue weighted by Crippen LogP contribution is -2.30. The van der Waals surface area contributed by atoms with Crippen molar-refractivity contribution in [3.05, 3.63) is 34.5 Å². The van der Waals surface area contributed by atoms with E-state index >= 15 is 0 Å². The van der Waals surface area contributed by atoms with Gasteiger partial charge in [0.1, 0.15) is 0 Å². The Balaban J connectivity index is 1.79. The molecule has 1 aliphatic carbocycles. The molecule has 0 unspecified atom stereocenters. The van der Waals surface area contributed by atoms with Gasteiger partial charge in [-0.05, 0) is 30.7 Å². The SMILES string of the molecule is O=C(NCc1cccs1)[C@H]1CC=CCC1. The Bertz CT molecular complexity index is 343. The van der Waals surface area contributed by atoms with Gasteiger partial charge in [0.25, 0.3) is 0 Å². The average molecular weight is 221 g/mol. The Morgan fingerprint density at radius 3 is 3.13 bits per heavy atom. The first-order chi connectivity index (χ1) is 7.36. The lowest BCUT2D eigenvalue weighted by molar-refractivity contribution is -0.125. The van der Waals surface area contributed by atoms with Crippen LogP contribution in [0.15, 0.2) is 29.7 Å². The molecule has 2 rings (SSSR count). The molecule has 0 fully saturated rings. The third-order valence-corrected chi connectivity index (χ3v) is 3.53. The van der Waals surface area contributed by atoms with Crippen LogP contribution in [0.5, 0.6) is 0 Å². The van der Waals surface area contributed by atoms with Gasteiger partial charge >= 0.3 is 0 Å².